The minimum Gasteiger partial charge on any atom is -0.292 e. The number of fused-ring (bicyclic) bond motifs is 1. The lowest BCUT2D eigenvalue weighted by atomic mass is 10.2. The van der Waals surface area contributed by atoms with Gasteiger partial charge in [-0.05, 0) is 36.8 Å². The van der Waals surface area contributed by atoms with Crippen LogP contribution in [0.5, 0.6) is 0 Å². The van der Waals surface area contributed by atoms with Gasteiger partial charge >= 0.3 is 0 Å². The maximum absolute atomic E-state index is 14.3. The van der Waals surface area contributed by atoms with E-state index in [0.717, 1.165) is 23.5 Å². The highest BCUT2D eigenvalue weighted by Crippen LogP contribution is 2.49. The number of benzene rings is 2. The third kappa shape index (κ3) is 2.94. The van der Waals surface area contributed by atoms with Crippen molar-refractivity contribution in [2.75, 3.05) is 21.0 Å². The zero-order chi connectivity index (χ0) is 15.5. The van der Waals surface area contributed by atoms with E-state index in [1.54, 1.807) is 6.07 Å². The molecule has 0 saturated carbocycles. The molecular formula is C17H16ClFN2S. The molecule has 114 valence electrons. The molecule has 0 spiro atoms. The van der Waals surface area contributed by atoms with Gasteiger partial charge < -0.3 is 0 Å². The van der Waals surface area contributed by atoms with Gasteiger partial charge in [-0.1, -0.05) is 30.4 Å². The van der Waals surface area contributed by atoms with E-state index in [4.69, 9.17) is 11.6 Å². The van der Waals surface area contributed by atoms with Crippen LogP contribution in [0.3, 0.4) is 0 Å². The zero-order valence-electron chi connectivity index (χ0n) is 12.2. The van der Waals surface area contributed by atoms with Crippen LogP contribution in [0.25, 0.3) is 0 Å². The maximum atomic E-state index is 14.3. The Kier molecular flexibility index (Phi) is 4.60. The highest BCUT2D eigenvalue weighted by molar-refractivity contribution is 8.02. The number of alkyl halides is 1. The Bertz CT molecular complexity index is 705. The van der Waals surface area contributed by atoms with Gasteiger partial charge in [0.1, 0.15) is 5.82 Å². The van der Waals surface area contributed by atoms with Crippen LogP contribution in [0.1, 0.15) is 5.56 Å². The van der Waals surface area contributed by atoms with Crippen molar-refractivity contribution in [3.05, 3.63) is 66.0 Å². The van der Waals surface area contributed by atoms with Crippen molar-refractivity contribution in [2.45, 2.75) is 6.92 Å². The van der Waals surface area contributed by atoms with E-state index >= 15 is 0 Å². The van der Waals surface area contributed by atoms with Crippen LogP contribution in [0.15, 0.2) is 54.6 Å². The highest BCUT2D eigenvalue weighted by atomic mass is 35.5. The first kappa shape index (κ1) is 15.3. The molecule has 1 heterocycles. The number of allylic oxidation sites excluding steroid dienone is 1. The lowest BCUT2D eigenvalue weighted by Crippen LogP contribution is -2.13. The van der Waals surface area contributed by atoms with Crippen molar-refractivity contribution in [3.63, 3.8) is 0 Å². The summed E-state index contributed by atoms with van der Waals surface area (Å²) in [7, 11) is 0. The summed E-state index contributed by atoms with van der Waals surface area (Å²) in [5.74, 6) is 0.289. The first-order valence-corrected chi connectivity index (χ1v) is 8.29. The van der Waals surface area contributed by atoms with Gasteiger partial charge in [-0.25, -0.2) is 4.39 Å². The van der Waals surface area contributed by atoms with E-state index in [1.165, 1.54) is 12.1 Å². The minimum atomic E-state index is -0.208. The second-order valence-corrected chi connectivity index (χ2v) is 6.28. The lowest BCUT2D eigenvalue weighted by molar-refractivity contribution is 0.629. The van der Waals surface area contributed by atoms with Gasteiger partial charge in [-0.2, -0.15) is 0 Å². The first-order valence-electron chi connectivity index (χ1n) is 7.02. The fourth-order valence-electron chi connectivity index (χ4n) is 2.35. The molecule has 0 saturated heterocycles. The number of rotatable bonds is 4. The largest absolute Gasteiger partial charge is 0.292 e. The van der Waals surface area contributed by atoms with Gasteiger partial charge in [0.05, 0.1) is 29.2 Å². The summed E-state index contributed by atoms with van der Waals surface area (Å²) >= 11 is 7.17. The fourth-order valence-corrected chi connectivity index (χ4v) is 3.55. The third-order valence-corrected chi connectivity index (χ3v) is 4.68. The van der Waals surface area contributed by atoms with Crippen molar-refractivity contribution in [2.24, 2.45) is 0 Å². The second-order valence-electron chi connectivity index (χ2n) is 5.01. The summed E-state index contributed by atoms with van der Waals surface area (Å²) in [5.41, 5.74) is 3.56. The molecule has 1 aliphatic heterocycles. The van der Waals surface area contributed by atoms with Gasteiger partial charge in [-0.15, -0.1) is 11.6 Å². The smallest absolute Gasteiger partial charge is 0.148 e. The molecule has 0 unspecified atom stereocenters. The summed E-state index contributed by atoms with van der Waals surface area (Å²) in [6.07, 6.45) is 3.94. The third-order valence-electron chi connectivity index (χ3n) is 3.40. The van der Waals surface area contributed by atoms with Crippen molar-refractivity contribution < 1.29 is 4.39 Å². The number of hydrogen-bond acceptors (Lipinski definition) is 3. The molecule has 2 aromatic carbocycles. The molecular weight excluding hydrogens is 319 g/mol. The first-order chi connectivity index (χ1) is 10.7. The molecule has 0 radical (unpaired) electrons. The van der Waals surface area contributed by atoms with Crippen LogP contribution in [0, 0.1) is 12.7 Å². The van der Waals surface area contributed by atoms with Crippen LogP contribution in [-0.4, -0.2) is 12.4 Å². The zero-order valence-corrected chi connectivity index (χ0v) is 13.7. The van der Waals surface area contributed by atoms with Crippen molar-refractivity contribution in [1.82, 2.24) is 0 Å². The predicted molar refractivity (Wildman–Crippen MR) is 94.5 cm³/mol. The normalized spacial score (nSPS) is 14.0. The van der Waals surface area contributed by atoms with Crippen molar-refractivity contribution >= 4 is 40.8 Å². The van der Waals surface area contributed by atoms with Gasteiger partial charge in [0.25, 0.3) is 0 Å². The Hall–Kier alpha value is -1.65. The van der Waals surface area contributed by atoms with Gasteiger partial charge in [0, 0.05) is 12.4 Å². The Morgan fingerprint density at radius 2 is 1.86 bits per heavy atom. The van der Waals surface area contributed by atoms with Crippen LogP contribution < -0.4 is 8.61 Å². The molecule has 3 rings (SSSR count). The van der Waals surface area contributed by atoms with Crippen LogP contribution in [-0.2, 0) is 0 Å². The summed E-state index contributed by atoms with van der Waals surface area (Å²) in [5, 5.41) is 0. The Morgan fingerprint density at radius 1 is 1.09 bits per heavy atom. The summed E-state index contributed by atoms with van der Waals surface area (Å²) in [4.78, 5) is 0. The molecule has 2 aromatic rings. The maximum Gasteiger partial charge on any atom is 0.148 e. The molecule has 22 heavy (non-hydrogen) atoms. The van der Waals surface area contributed by atoms with E-state index < -0.39 is 0 Å². The van der Waals surface area contributed by atoms with Crippen LogP contribution in [0.4, 0.5) is 21.5 Å². The number of aryl methyl sites for hydroxylation is 1. The van der Waals surface area contributed by atoms with Gasteiger partial charge in [0.2, 0.25) is 0 Å². The lowest BCUT2D eigenvalue weighted by Gasteiger charge is -2.19. The topological polar surface area (TPSA) is 6.48 Å². The Balaban J connectivity index is 1.95. The number of hydrogen-bond donors (Lipinski definition) is 0. The molecule has 0 N–H and O–H groups in total. The molecule has 0 bridgehead atoms. The summed E-state index contributed by atoms with van der Waals surface area (Å²) < 4.78 is 18.4. The fraction of sp³-hybridized carbons (Fsp3) is 0.176. The number of nitrogens with zero attached hydrogens (tertiary/aromatic N) is 2. The van der Waals surface area contributed by atoms with E-state index in [1.807, 2.05) is 59.8 Å². The second kappa shape index (κ2) is 6.63. The quantitative estimate of drug-likeness (QED) is 0.417. The summed E-state index contributed by atoms with van der Waals surface area (Å²) in [6.45, 7) is 2.61. The molecule has 2 nitrogen and oxygen atoms in total. The monoisotopic (exact) mass is 334 g/mol. The minimum absolute atomic E-state index is 0.208. The van der Waals surface area contributed by atoms with E-state index in [2.05, 4.69) is 4.31 Å². The van der Waals surface area contributed by atoms with E-state index in [-0.39, 0.29) is 5.82 Å². The molecule has 0 amide bonds. The van der Waals surface area contributed by atoms with E-state index in [9.17, 15) is 4.39 Å². The van der Waals surface area contributed by atoms with Crippen molar-refractivity contribution in [3.8, 4) is 0 Å². The van der Waals surface area contributed by atoms with Crippen LogP contribution in [0.2, 0.25) is 0 Å². The van der Waals surface area contributed by atoms with Crippen LogP contribution >= 0.6 is 23.7 Å². The SMILES string of the molecule is Cc1ccc(N2SN(CC=CCCl)c3ccccc32)c(F)c1. The average Bonchev–Trinajstić information content (AvgIpc) is 2.87. The van der Waals surface area contributed by atoms with Crippen molar-refractivity contribution in [1.29, 1.82) is 0 Å². The number of anilines is 3. The molecule has 0 aromatic heterocycles. The molecule has 1 aliphatic rings. The highest BCUT2D eigenvalue weighted by Gasteiger charge is 2.29. The summed E-state index contributed by atoms with van der Waals surface area (Å²) in [6, 6.07) is 13.3. The molecule has 5 heteroatoms. The molecule has 0 aliphatic carbocycles. The number of para-hydroxylation sites is 2. The molecule has 0 atom stereocenters. The van der Waals surface area contributed by atoms with E-state index in [0.29, 0.717) is 11.6 Å². The number of halogens is 2. The Labute approximate surface area is 139 Å². The van der Waals surface area contributed by atoms with Gasteiger partial charge in [-0.3, -0.25) is 8.61 Å². The van der Waals surface area contributed by atoms with Gasteiger partial charge in [0.15, 0.2) is 0 Å². The predicted octanol–water partition coefficient (Wildman–Crippen LogP) is 5.45. The average molecular weight is 335 g/mol. The Morgan fingerprint density at radius 3 is 2.59 bits per heavy atom. The molecule has 0 fully saturated rings. The standard InChI is InChI=1S/C17H16ClFN2S/c1-13-8-9-15(14(19)12-13)21-17-7-3-2-6-16(17)20(22-21)11-5-4-10-18/h2-9,12H,10-11H2,1H3.